The first kappa shape index (κ1) is 20.8. The third-order valence-corrected chi connectivity index (χ3v) is 6.76. The van der Waals surface area contributed by atoms with Gasteiger partial charge in [-0.15, -0.1) is 0 Å². The van der Waals surface area contributed by atoms with Crippen LogP contribution in [-0.4, -0.2) is 16.5 Å². The first-order valence-corrected chi connectivity index (χ1v) is 11.3. The Hall–Kier alpha value is -3.12. The highest BCUT2D eigenvalue weighted by Crippen LogP contribution is 2.38. The number of hydrogen-bond donors (Lipinski definition) is 0. The van der Waals surface area contributed by atoms with E-state index in [0.717, 1.165) is 22.4 Å². The van der Waals surface area contributed by atoms with Crippen LogP contribution in [0.2, 0.25) is 10.0 Å². The molecular weight excluding hydrogens is 463 g/mol. The molecule has 0 bridgehead atoms. The van der Waals surface area contributed by atoms with E-state index < -0.39 is 0 Å². The molecule has 0 aliphatic carbocycles. The van der Waals surface area contributed by atoms with Crippen LogP contribution in [0.1, 0.15) is 5.56 Å². The van der Waals surface area contributed by atoms with Crippen molar-refractivity contribution in [3.05, 3.63) is 103 Å². The molecule has 0 spiro atoms. The Labute approximate surface area is 198 Å². The Morgan fingerprint density at radius 1 is 0.906 bits per heavy atom. The van der Waals surface area contributed by atoms with E-state index >= 15 is 0 Å². The molecule has 0 radical (unpaired) electrons. The van der Waals surface area contributed by atoms with Gasteiger partial charge in [-0.1, -0.05) is 83.1 Å². The fourth-order valence-corrected chi connectivity index (χ4v) is 5.02. The normalized spacial score (nSPS) is 11.9. The topological polar surface area (TPSA) is 43.6 Å². The Bertz CT molecular complexity index is 1560. The molecule has 5 rings (SSSR count). The first-order valence-electron chi connectivity index (χ1n) is 9.77. The van der Waals surface area contributed by atoms with Gasteiger partial charge in [0.1, 0.15) is 5.75 Å². The number of imidazole rings is 1. The van der Waals surface area contributed by atoms with Crippen LogP contribution in [0.25, 0.3) is 33.6 Å². The van der Waals surface area contributed by atoms with Crippen LogP contribution in [-0.2, 0) is 0 Å². The summed E-state index contributed by atoms with van der Waals surface area (Å²) in [5.41, 5.74) is 3.49. The second-order valence-corrected chi connectivity index (χ2v) is 8.90. The van der Waals surface area contributed by atoms with Gasteiger partial charge in [0.25, 0.3) is 5.56 Å². The number of methoxy groups -OCH3 is 1. The van der Waals surface area contributed by atoms with Crippen LogP contribution in [0, 0.1) is 0 Å². The minimum Gasteiger partial charge on any atom is -0.497 e. The Morgan fingerprint density at radius 2 is 1.53 bits per heavy atom. The maximum atomic E-state index is 13.5. The van der Waals surface area contributed by atoms with Crippen molar-refractivity contribution in [2.24, 2.45) is 0 Å². The van der Waals surface area contributed by atoms with E-state index in [1.54, 1.807) is 17.6 Å². The molecule has 0 aliphatic rings. The number of nitrogens with zero attached hydrogens (tertiary/aromatic N) is 2. The van der Waals surface area contributed by atoms with Gasteiger partial charge >= 0.3 is 0 Å². The average molecular weight is 479 g/mol. The molecule has 0 unspecified atom stereocenters. The quantitative estimate of drug-likeness (QED) is 0.320. The smallest absolute Gasteiger partial charge is 0.274 e. The molecular formula is C25H16Cl2N2O2S. The number of aromatic nitrogens is 2. The summed E-state index contributed by atoms with van der Waals surface area (Å²) in [4.78, 5) is 18.9. The monoisotopic (exact) mass is 478 g/mol. The number of halogens is 2. The summed E-state index contributed by atoms with van der Waals surface area (Å²) in [7, 11) is 1.62. The van der Waals surface area contributed by atoms with Crippen molar-refractivity contribution in [1.29, 1.82) is 0 Å². The lowest BCUT2D eigenvalue weighted by atomic mass is 10.0. The van der Waals surface area contributed by atoms with E-state index in [0.29, 0.717) is 30.9 Å². The molecule has 5 aromatic rings. The lowest BCUT2D eigenvalue weighted by molar-refractivity contribution is 0.415. The van der Waals surface area contributed by atoms with Gasteiger partial charge in [0.2, 0.25) is 0 Å². The highest BCUT2D eigenvalue weighted by molar-refractivity contribution is 7.15. The lowest BCUT2D eigenvalue weighted by Gasteiger charge is -2.07. The molecule has 0 amide bonds. The van der Waals surface area contributed by atoms with Gasteiger partial charge in [0.05, 0.1) is 28.1 Å². The minimum atomic E-state index is -0.151. The van der Waals surface area contributed by atoms with Gasteiger partial charge < -0.3 is 4.74 Å². The Balaban J connectivity index is 1.79. The molecule has 0 saturated carbocycles. The summed E-state index contributed by atoms with van der Waals surface area (Å²) in [5, 5.41) is 1.10. The number of benzene rings is 3. The van der Waals surface area contributed by atoms with Crippen molar-refractivity contribution in [2.75, 3.05) is 7.11 Å². The number of fused-ring (bicyclic) bond motifs is 1. The highest BCUT2D eigenvalue weighted by atomic mass is 35.5. The van der Waals surface area contributed by atoms with Crippen LogP contribution in [0.15, 0.2) is 77.6 Å². The van der Waals surface area contributed by atoms with Gasteiger partial charge in [-0.05, 0) is 35.9 Å². The number of thiazole rings is 1. The predicted molar refractivity (Wildman–Crippen MR) is 132 cm³/mol. The second kappa shape index (κ2) is 8.43. The van der Waals surface area contributed by atoms with Crippen molar-refractivity contribution < 1.29 is 4.74 Å². The lowest BCUT2D eigenvalue weighted by Crippen LogP contribution is -2.23. The van der Waals surface area contributed by atoms with Crippen molar-refractivity contribution in [3.63, 3.8) is 0 Å². The van der Waals surface area contributed by atoms with Crippen molar-refractivity contribution in [1.82, 2.24) is 9.38 Å². The van der Waals surface area contributed by atoms with Crippen molar-refractivity contribution in [3.8, 4) is 28.3 Å². The summed E-state index contributed by atoms with van der Waals surface area (Å²) in [6.45, 7) is 0. The van der Waals surface area contributed by atoms with Gasteiger partial charge in [-0.2, -0.15) is 0 Å². The molecule has 2 aromatic heterocycles. The molecule has 3 aromatic carbocycles. The van der Waals surface area contributed by atoms with Gasteiger partial charge in [-0.25, -0.2) is 9.38 Å². The molecule has 158 valence electrons. The van der Waals surface area contributed by atoms with E-state index in [-0.39, 0.29) is 5.56 Å². The van der Waals surface area contributed by atoms with Crippen molar-refractivity contribution in [2.45, 2.75) is 0 Å². The predicted octanol–water partition coefficient (Wildman–Crippen LogP) is 5.95. The van der Waals surface area contributed by atoms with Gasteiger partial charge in [-0.3, -0.25) is 4.79 Å². The third kappa shape index (κ3) is 3.58. The zero-order chi connectivity index (χ0) is 22.2. The largest absolute Gasteiger partial charge is 0.497 e. The molecule has 4 nitrogen and oxygen atoms in total. The van der Waals surface area contributed by atoms with Gasteiger partial charge in [0, 0.05) is 16.1 Å². The zero-order valence-corrected chi connectivity index (χ0v) is 19.2. The molecule has 0 fully saturated rings. The molecule has 0 saturated heterocycles. The summed E-state index contributed by atoms with van der Waals surface area (Å²) >= 11 is 14.4. The highest BCUT2D eigenvalue weighted by Gasteiger charge is 2.22. The van der Waals surface area contributed by atoms with Crippen molar-refractivity contribution >= 4 is 45.6 Å². The summed E-state index contributed by atoms with van der Waals surface area (Å²) in [6, 6.07) is 22.4. The van der Waals surface area contributed by atoms with E-state index in [2.05, 4.69) is 0 Å². The second-order valence-electron chi connectivity index (χ2n) is 7.08. The number of rotatable bonds is 4. The van der Waals surface area contributed by atoms with E-state index in [1.165, 1.54) is 11.3 Å². The SMILES string of the molecule is COc1ccc(C=c2sc3nc(-c4ccccc4Cl)c(-c4ccccc4Cl)n3c2=O)cc1. The Kier molecular flexibility index (Phi) is 5.47. The van der Waals surface area contributed by atoms with Crippen LogP contribution in [0.5, 0.6) is 5.75 Å². The Morgan fingerprint density at radius 3 is 2.16 bits per heavy atom. The van der Waals surface area contributed by atoms with E-state index in [4.69, 9.17) is 32.9 Å². The fourth-order valence-electron chi connectivity index (χ4n) is 3.59. The third-order valence-electron chi connectivity index (χ3n) is 5.13. The van der Waals surface area contributed by atoms with Crippen LogP contribution < -0.4 is 14.8 Å². The van der Waals surface area contributed by atoms with E-state index in [1.807, 2.05) is 72.8 Å². The molecule has 0 atom stereocenters. The number of hydrogen-bond acceptors (Lipinski definition) is 4. The maximum Gasteiger partial charge on any atom is 0.274 e. The van der Waals surface area contributed by atoms with Gasteiger partial charge in [0.15, 0.2) is 4.96 Å². The van der Waals surface area contributed by atoms with Crippen LogP contribution in [0.3, 0.4) is 0 Å². The maximum absolute atomic E-state index is 13.5. The first-order chi connectivity index (χ1) is 15.6. The molecule has 0 N–H and O–H groups in total. The van der Waals surface area contributed by atoms with Crippen LogP contribution in [0.4, 0.5) is 0 Å². The summed E-state index contributed by atoms with van der Waals surface area (Å²) < 4.78 is 7.41. The van der Waals surface area contributed by atoms with E-state index in [9.17, 15) is 4.79 Å². The summed E-state index contributed by atoms with van der Waals surface area (Å²) in [5.74, 6) is 0.760. The summed E-state index contributed by atoms with van der Waals surface area (Å²) in [6.07, 6.45) is 1.85. The minimum absolute atomic E-state index is 0.151. The standard InChI is InChI=1S/C25H16Cl2N2O2S/c1-31-16-12-10-15(11-13-16)14-21-24(30)29-23(18-7-3-5-9-20(18)27)22(28-25(29)32-21)17-6-2-4-8-19(17)26/h2-14H,1H3. The van der Waals surface area contributed by atoms with Crippen LogP contribution >= 0.6 is 34.5 Å². The molecule has 2 heterocycles. The molecule has 7 heteroatoms. The number of ether oxygens (including phenoxy) is 1. The molecule has 32 heavy (non-hydrogen) atoms. The molecule has 0 aliphatic heterocycles. The fraction of sp³-hybridized carbons (Fsp3) is 0.0400. The average Bonchev–Trinajstić information content (AvgIpc) is 3.31. The zero-order valence-electron chi connectivity index (χ0n) is 16.9.